The van der Waals surface area contributed by atoms with Gasteiger partial charge in [0.05, 0.1) is 0 Å². The third-order valence-electron chi connectivity index (χ3n) is 2.91. The lowest BCUT2D eigenvalue weighted by Crippen LogP contribution is -2.45. The molecule has 4 heteroatoms. The molecule has 88 valence electrons. The Bertz CT molecular complexity index is 218. The molecule has 1 rings (SSSR count). The van der Waals surface area contributed by atoms with E-state index in [1.807, 2.05) is 0 Å². The SMILES string of the molecule is CC(C)NC(=S)N(C)CC1CCCN1C. The smallest absolute Gasteiger partial charge is 0.168 e. The van der Waals surface area contributed by atoms with Crippen molar-refractivity contribution in [3.63, 3.8) is 0 Å². The fraction of sp³-hybridized carbons (Fsp3) is 0.909. The lowest BCUT2D eigenvalue weighted by Gasteiger charge is -2.28. The molecule has 3 nitrogen and oxygen atoms in total. The van der Waals surface area contributed by atoms with Crippen LogP contribution in [0.1, 0.15) is 26.7 Å². The first-order chi connectivity index (χ1) is 7.00. The summed E-state index contributed by atoms with van der Waals surface area (Å²) in [6, 6.07) is 1.09. The number of thiocarbonyl (C=S) groups is 1. The summed E-state index contributed by atoms with van der Waals surface area (Å²) in [5, 5.41) is 4.14. The first-order valence-corrected chi connectivity index (χ1v) is 6.13. The van der Waals surface area contributed by atoms with Gasteiger partial charge in [-0.05, 0) is 52.5 Å². The minimum Gasteiger partial charge on any atom is -0.360 e. The van der Waals surface area contributed by atoms with Crippen molar-refractivity contribution in [2.75, 3.05) is 27.2 Å². The molecular formula is C11H23N3S. The molecule has 0 saturated carbocycles. The molecular weight excluding hydrogens is 206 g/mol. The summed E-state index contributed by atoms with van der Waals surface area (Å²) in [5.74, 6) is 0. The second kappa shape index (κ2) is 5.66. The van der Waals surface area contributed by atoms with Gasteiger partial charge in [-0.3, -0.25) is 0 Å². The van der Waals surface area contributed by atoms with Crippen molar-refractivity contribution in [3.8, 4) is 0 Å². The zero-order valence-corrected chi connectivity index (χ0v) is 11.1. The third kappa shape index (κ3) is 3.95. The number of nitrogens with one attached hydrogen (secondary N) is 1. The van der Waals surface area contributed by atoms with Crippen LogP contribution in [0.15, 0.2) is 0 Å². The molecule has 0 bridgehead atoms. The van der Waals surface area contributed by atoms with Crippen LogP contribution in [0, 0.1) is 0 Å². The van der Waals surface area contributed by atoms with E-state index in [2.05, 4.69) is 43.1 Å². The number of likely N-dealkylation sites (N-methyl/N-ethyl adjacent to an activating group) is 2. The van der Waals surface area contributed by atoms with Crippen LogP contribution in [-0.2, 0) is 0 Å². The highest BCUT2D eigenvalue weighted by Gasteiger charge is 2.22. The first-order valence-electron chi connectivity index (χ1n) is 5.72. The van der Waals surface area contributed by atoms with E-state index in [1.165, 1.54) is 19.4 Å². The van der Waals surface area contributed by atoms with Gasteiger partial charge in [0.1, 0.15) is 0 Å². The normalized spacial score (nSPS) is 22.1. The lowest BCUT2D eigenvalue weighted by molar-refractivity contribution is 0.266. The fourth-order valence-electron chi connectivity index (χ4n) is 1.97. The molecule has 1 unspecified atom stereocenters. The molecule has 1 N–H and O–H groups in total. The number of likely N-dealkylation sites (tertiary alicyclic amines) is 1. The Hall–Kier alpha value is -0.350. The van der Waals surface area contributed by atoms with Gasteiger partial charge in [-0.15, -0.1) is 0 Å². The van der Waals surface area contributed by atoms with Crippen LogP contribution in [0.4, 0.5) is 0 Å². The van der Waals surface area contributed by atoms with Gasteiger partial charge in [0, 0.05) is 25.7 Å². The molecule has 1 heterocycles. The Labute approximate surface area is 98.8 Å². The van der Waals surface area contributed by atoms with Crippen molar-refractivity contribution in [2.45, 2.75) is 38.8 Å². The molecule has 0 aromatic rings. The van der Waals surface area contributed by atoms with Crippen molar-refractivity contribution in [1.29, 1.82) is 0 Å². The fourth-order valence-corrected chi connectivity index (χ4v) is 2.28. The quantitative estimate of drug-likeness (QED) is 0.735. The van der Waals surface area contributed by atoms with Gasteiger partial charge in [0.2, 0.25) is 0 Å². The highest BCUT2D eigenvalue weighted by molar-refractivity contribution is 7.80. The molecule has 1 aliphatic rings. The standard InChI is InChI=1S/C11H23N3S/c1-9(2)12-11(15)14(4)8-10-6-5-7-13(10)3/h9-10H,5-8H2,1-4H3,(H,12,15). The lowest BCUT2D eigenvalue weighted by atomic mass is 10.2. The summed E-state index contributed by atoms with van der Waals surface area (Å²) in [4.78, 5) is 4.58. The highest BCUT2D eigenvalue weighted by Crippen LogP contribution is 2.15. The van der Waals surface area contributed by atoms with Crippen molar-refractivity contribution in [2.24, 2.45) is 0 Å². The molecule has 1 fully saturated rings. The summed E-state index contributed by atoms with van der Waals surface area (Å²) in [6.45, 7) is 6.49. The minimum atomic E-state index is 0.418. The summed E-state index contributed by atoms with van der Waals surface area (Å²) in [6.07, 6.45) is 2.62. The second-order valence-electron chi connectivity index (χ2n) is 4.76. The van der Waals surface area contributed by atoms with E-state index in [9.17, 15) is 0 Å². The summed E-state index contributed by atoms with van der Waals surface area (Å²) in [5.41, 5.74) is 0. The van der Waals surface area contributed by atoms with Crippen molar-refractivity contribution in [3.05, 3.63) is 0 Å². The Morgan fingerprint density at radius 3 is 2.73 bits per heavy atom. The van der Waals surface area contributed by atoms with Crippen LogP contribution in [-0.4, -0.2) is 54.2 Å². The van der Waals surface area contributed by atoms with Gasteiger partial charge in [-0.1, -0.05) is 0 Å². The molecule has 0 radical (unpaired) electrons. The minimum absolute atomic E-state index is 0.418. The predicted octanol–water partition coefficient (Wildman–Crippen LogP) is 1.30. The maximum Gasteiger partial charge on any atom is 0.168 e. The second-order valence-corrected chi connectivity index (χ2v) is 5.15. The third-order valence-corrected chi connectivity index (χ3v) is 3.34. The van der Waals surface area contributed by atoms with Crippen LogP contribution in [0.25, 0.3) is 0 Å². The highest BCUT2D eigenvalue weighted by atomic mass is 32.1. The van der Waals surface area contributed by atoms with E-state index < -0.39 is 0 Å². The van der Waals surface area contributed by atoms with E-state index in [-0.39, 0.29) is 0 Å². The van der Waals surface area contributed by atoms with E-state index in [0.717, 1.165) is 11.7 Å². The van der Waals surface area contributed by atoms with E-state index in [0.29, 0.717) is 12.1 Å². The zero-order chi connectivity index (χ0) is 11.4. The summed E-state index contributed by atoms with van der Waals surface area (Å²) < 4.78 is 0. The van der Waals surface area contributed by atoms with Crippen LogP contribution in [0.5, 0.6) is 0 Å². The van der Waals surface area contributed by atoms with Crippen LogP contribution >= 0.6 is 12.2 Å². The maximum atomic E-state index is 5.32. The topological polar surface area (TPSA) is 18.5 Å². The average Bonchev–Trinajstić information content (AvgIpc) is 2.50. The largest absolute Gasteiger partial charge is 0.360 e. The van der Waals surface area contributed by atoms with Gasteiger partial charge >= 0.3 is 0 Å². The van der Waals surface area contributed by atoms with Crippen molar-refractivity contribution in [1.82, 2.24) is 15.1 Å². The van der Waals surface area contributed by atoms with Crippen LogP contribution in [0.2, 0.25) is 0 Å². The molecule has 0 spiro atoms. The maximum absolute atomic E-state index is 5.32. The van der Waals surface area contributed by atoms with Gasteiger partial charge in [-0.25, -0.2) is 0 Å². The Morgan fingerprint density at radius 2 is 2.27 bits per heavy atom. The number of nitrogens with zero attached hydrogens (tertiary/aromatic N) is 2. The van der Waals surface area contributed by atoms with Gasteiger partial charge in [-0.2, -0.15) is 0 Å². The summed E-state index contributed by atoms with van der Waals surface area (Å²) >= 11 is 5.32. The van der Waals surface area contributed by atoms with Gasteiger partial charge in [0.15, 0.2) is 5.11 Å². The monoisotopic (exact) mass is 229 g/mol. The van der Waals surface area contributed by atoms with E-state index >= 15 is 0 Å². The van der Waals surface area contributed by atoms with Crippen molar-refractivity contribution >= 4 is 17.3 Å². The first kappa shape index (κ1) is 12.7. The summed E-state index contributed by atoms with van der Waals surface area (Å²) in [7, 11) is 4.27. The molecule has 0 aliphatic carbocycles. The Morgan fingerprint density at radius 1 is 1.60 bits per heavy atom. The predicted molar refractivity (Wildman–Crippen MR) is 69.2 cm³/mol. The molecule has 1 saturated heterocycles. The number of hydrogen-bond acceptors (Lipinski definition) is 2. The molecule has 0 aromatic carbocycles. The van der Waals surface area contributed by atoms with Gasteiger partial charge < -0.3 is 15.1 Å². The molecule has 15 heavy (non-hydrogen) atoms. The van der Waals surface area contributed by atoms with Crippen LogP contribution in [0.3, 0.4) is 0 Å². The van der Waals surface area contributed by atoms with E-state index in [1.54, 1.807) is 0 Å². The van der Waals surface area contributed by atoms with Crippen LogP contribution < -0.4 is 5.32 Å². The number of hydrogen-bond donors (Lipinski definition) is 1. The molecule has 0 aromatic heterocycles. The van der Waals surface area contributed by atoms with Gasteiger partial charge in [0.25, 0.3) is 0 Å². The number of rotatable bonds is 3. The zero-order valence-electron chi connectivity index (χ0n) is 10.3. The molecule has 1 aliphatic heterocycles. The average molecular weight is 229 g/mol. The Kier molecular flexibility index (Phi) is 4.80. The Balaban J connectivity index is 2.34. The van der Waals surface area contributed by atoms with Crippen molar-refractivity contribution < 1.29 is 0 Å². The molecule has 0 amide bonds. The molecule has 1 atom stereocenters. The van der Waals surface area contributed by atoms with E-state index in [4.69, 9.17) is 12.2 Å².